The molecule has 0 aliphatic rings. The maximum absolute atomic E-state index is 13.3. The van der Waals surface area contributed by atoms with E-state index in [1.807, 2.05) is 0 Å². The Balaban J connectivity index is 1.94. The number of sulfonamides is 1. The van der Waals surface area contributed by atoms with Crippen molar-refractivity contribution in [3.63, 3.8) is 0 Å². The minimum atomic E-state index is -4.01. The topological polar surface area (TPSA) is 75.7 Å². The molecule has 0 saturated heterocycles. The fourth-order valence-electron chi connectivity index (χ4n) is 2.70. The van der Waals surface area contributed by atoms with Gasteiger partial charge in [0.1, 0.15) is 12.3 Å². The largest absolute Gasteiger partial charge is 0.497 e. The Bertz CT molecular complexity index is 1140. The van der Waals surface area contributed by atoms with Gasteiger partial charge in [-0.2, -0.15) is 0 Å². The van der Waals surface area contributed by atoms with Crippen LogP contribution in [-0.4, -0.2) is 28.0 Å². The molecule has 3 rings (SSSR count). The van der Waals surface area contributed by atoms with Crippen LogP contribution in [0.4, 0.5) is 11.4 Å². The average molecular weight is 465 g/mol. The van der Waals surface area contributed by atoms with E-state index in [0.717, 1.165) is 4.31 Å². The molecule has 9 heteroatoms. The van der Waals surface area contributed by atoms with E-state index in [0.29, 0.717) is 22.1 Å². The number of nitrogens with one attached hydrogen (secondary N) is 1. The second kappa shape index (κ2) is 9.38. The summed E-state index contributed by atoms with van der Waals surface area (Å²) in [6.07, 6.45) is 0. The average Bonchev–Trinajstić information content (AvgIpc) is 2.75. The molecule has 6 nitrogen and oxygen atoms in total. The Labute approximate surface area is 185 Å². The second-order valence-electron chi connectivity index (χ2n) is 6.20. The molecule has 1 N–H and O–H groups in total. The van der Waals surface area contributed by atoms with E-state index in [9.17, 15) is 13.2 Å². The Morgan fingerprint density at radius 3 is 2.30 bits per heavy atom. The van der Waals surface area contributed by atoms with Crippen LogP contribution in [0.15, 0.2) is 77.7 Å². The molecule has 0 heterocycles. The summed E-state index contributed by atoms with van der Waals surface area (Å²) in [7, 11) is -2.50. The molecule has 30 heavy (non-hydrogen) atoms. The van der Waals surface area contributed by atoms with E-state index in [1.54, 1.807) is 54.6 Å². The molecule has 3 aromatic carbocycles. The molecule has 0 atom stereocenters. The zero-order valence-electron chi connectivity index (χ0n) is 15.9. The van der Waals surface area contributed by atoms with Crippen molar-refractivity contribution < 1.29 is 17.9 Å². The molecule has 0 radical (unpaired) electrons. The van der Waals surface area contributed by atoms with E-state index in [4.69, 9.17) is 27.9 Å². The molecular weight excluding hydrogens is 447 g/mol. The molecule has 0 unspecified atom stereocenters. The summed E-state index contributed by atoms with van der Waals surface area (Å²) >= 11 is 12.0. The van der Waals surface area contributed by atoms with Crippen molar-refractivity contribution in [3.05, 3.63) is 82.8 Å². The highest BCUT2D eigenvalue weighted by molar-refractivity contribution is 7.92. The molecule has 3 aromatic rings. The summed E-state index contributed by atoms with van der Waals surface area (Å²) in [6, 6.07) is 18.9. The first kappa shape index (κ1) is 22.0. The second-order valence-corrected chi connectivity index (χ2v) is 8.90. The quantitative estimate of drug-likeness (QED) is 0.542. The molecule has 156 valence electrons. The van der Waals surface area contributed by atoms with Crippen LogP contribution in [0, 0.1) is 0 Å². The molecule has 0 fully saturated rings. The van der Waals surface area contributed by atoms with Crippen LogP contribution >= 0.6 is 23.2 Å². The molecule has 0 aliphatic heterocycles. The van der Waals surface area contributed by atoms with Gasteiger partial charge in [0.15, 0.2) is 0 Å². The van der Waals surface area contributed by atoms with Crippen molar-refractivity contribution in [2.24, 2.45) is 0 Å². The summed E-state index contributed by atoms with van der Waals surface area (Å²) in [6.45, 7) is -0.466. The van der Waals surface area contributed by atoms with E-state index < -0.39 is 22.5 Å². The summed E-state index contributed by atoms with van der Waals surface area (Å²) in [5.41, 5.74) is 0.605. The first-order valence-electron chi connectivity index (χ1n) is 8.78. The van der Waals surface area contributed by atoms with Crippen LogP contribution in [-0.2, 0) is 14.8 Å². The third-order valence-corrected chi connectivity index (χ3v) is 6.53. The van der Waals surface area contributed by atoms with Gasteiger partial charge >= 0.3 is 0 Å². The number of hydrogen-bond acceptors (Lipinski definition) is 4. The van der Waals surface area contributed by atoms with E-state index >= 15 is 0 Å². The number of anilines is 2. The normalized spacial score (nSPS) is 11.0. The number of benzene rings is 3. The lowest BCUT2D eigenvalue weighted by molar-refractivity contribution is -0.114. The fourth-order valence-corrected chi connectivity index (χ4v) is 4.48. The molecule has 0 spiro atoms. The Hall–Kier alpha value is -2.74. The number of halogens is 2. The van der Waals surface area contributed by atoms with Gasteiger partial charge in [-0.15, -0.1) is 0 Å². The van der Waals surface area contributed by atoms with Gasteiger partial charge in [-0.05, 0) is 54.6 Å². The summed E-state index contributed by atoms with van der Waals surface area (Å²) < 4.78 is 32.7. The fraction of sp³-hybridized carbons (Fsp3) is 0.0952. The predicted molar refractivity (Wildman–Crippen MR) is 119 cm³/mol. The third-order valence-electron chi connectivity index (χ3n) is 4.18. The first-order valence-corrected chi connectivity index (χ1v) is 11.0. The molecule has 0 bridgehead atoms. The van der Waals surface area contributed by atoms with Crippen LogP contribution in [0.5, 0.6) is 5.75 Å². The highest BCUT2D eigenvalue weighted by atomic mass is 35.5. The minimum absolute atomic E-state index is 0.0643. The van der Waals surface area contributed by atoms with Crippen LogP contribution < -0.4 is 14.4 Å². The highest BCUT2D eigenvalue weighted by Crippen LogP contribution is 2.28. The standard InChI is InChI=1S/C21H18Cl2N2O4S/c1-29-17-10-8-16(9-11-17)25(30(27,28)18-5-3-2-4-6-18)14-21(26)24-20-13-15(22)7-12-19(20)23/h2-13H,14H2,1H3,(H,24,26). The molecule has 0 aliphatic carbocycles. The molecule has 0 saturated carbocycles. The molecule has 0 aromatic heterocycles. The lowest BCUT2D eigenvalue weighted by atomic mass is 10.3. The minimum Gasteiger partial charge on any atom is -0.497 e. The van der Waals surface area contributed by atoms with Crippen molar-refractivity contribution in [3.8, 4) is 5.75 Å². The number of carbonyl (C=O) groups is 1. The van der Waals surface area contributed by atoms with Gasteiger partial charge in [0.25, 0.3) is 10.0 Å². The van der Waals surface area contributed by atoms with E-state index in [2.05, 4.69) is 5.32 Å². The van der Waals surface area contributed by atoms with Crippen LogP contribution in [0.2, 0.25) is 10.0 Å². The van der Waals surface area contributed by atoms with E-state index in [1.165, 1.54) is 25.3 Å². The highest BCUT2D eigenvalue weighted by Gasteiger charge is 2.27. The van der Waals surface area contributed by atoms with Crippen LogP contribution in [0.3, 0.4) is 0 Å². The first-order chi connectivity index (χ1) is 14.3. The van der Waals surface area contributed by atoms with Gasteiger partial charge in [0, 0.05) is 5.02 Å². The number of methoxy groups -OCH3 is 1. The van der Waals surface area contributed by atoms with Crippen LogP contribution in [0.25, 0.3) is 0 Å². The van der Waals surface area contributed by atoms with Crippen molar-refractivity contribution >= 4 is 50.5 Å². The number of ether oxygens (including phenoxy) is 1. The van der Waals surface area contributed by atoms with Crippen LogP contribution in [0.1, 0.15) is 0 Å². The number of carbonyl (C=O) groups excluding carboxylic acids is 1. The number of amides is 1. The summed E-state index contributed by atoms with van der Waals surface area (Å²) in [5, 5.41) is 3.29. The van der Waals surface area contributed by atoms with Gasteiger partial charge in [-0.3, -0.25) is 9.10 Å². The van der Waals surface area contributed by atoms with Crippen molar-refractivity contribution in [2.75, 3.05) is 23.3 Å². The molecular formula is C21H18Cl2N2O4S. The zero-order valence-corrected chi connectivity index (χ0v) is 18.2. The van der Waals surface area contributed by atoms with E-state index in [-0.39, 0.29) is 9.92 Å². The van der Waals surface area contributed by atoms with Gasteiger partial charge < -0.3 is 10.1 Å². The van der Waals surface area contributed by atoms with Crippen molar-refractivity contribution in [2.45, 2.75) is 4.90 Å². The van der Waals surface area contributed by atoms with Gasteiger partial charge in [-0.1, -0.05) is 41.4 Å². The summed E-state index contributed by atoms with van der Waals surface area (Å²) in [4.78, 5) is 12.8. The van der Waals surface area contributed by atoms with Gasteiger partial charge in [0.2, 0.25) is 5.91 Å². The SMILES string of the molecule is COc1ccc(N(CC(=O)Nc2cc(Cl)ccc2Cl)S(=O)(=O)c2ccccc2)cc1. The predicted octanol–water partition coefficient (Wildman–Crippen LogP) is 4.84. The third kappa shape index (κ3) is 5.05. The number of nitrogens with zero attached hydrogens (tertiary/aromatic N) is 1. The maximum Gasteiger partial charge on any atom is 0.264 e. The lowest BCUT2D eigenvalue weighted by Crippen LogP contribution is -2.38. The monoisotopic (exact) mass is 464 g/mol. The Morgan fingerprint density at radius 1 is 1.00 bits per heavy atom. The Morgan fingerprint density at radius 2 is 1.67 bits per heavy atom. The Kier molecular flexibility index (Phi) is 6.87. The number of rotatable bonds is 7. The number of hydrogen-bond donors (Lipinski definition) is 1. The zero-order chi connectivity index (χ0) is 21.7. The van der Waals surface area contributed by atoms with Crippen molar-refractivity contribution in [1.29, 1.82) is 0 Å². The maximum atomic E-state index is 13.3. The smallest absolute Gasteiger partial charge is 0.264 e. The molecule has 1 amide bonds. The summed E-state index contributed by atoms with van der Waals surface area (Å²) in [5.74, 6) is -0.0135. The van der Waals surface area contributed by atoms with Gasteiger partial charge in [-0.25, -0.2) is 8.42 Å². The van der Waals surface area contributed by atoms with Crippen molar-refractivity contribution in [1.82, 2.24) is 0 Å². The lowest BCUT2D eigenvalue weighted by Gasteiger charge is -2.24. The van der Waals surface area contributed by atoms with Gasteiger partial charge in [0.05, 0.1) is 28.4 Å².